The summed E-state index contributed by atoms with van der Waals surface area (Å²) in [6, 6.07) is 25.0. The van der Waals surface area contributed by atoms with Gasteiger partial charge < -0.3 is 14.5 Å². The fourth-order valence-electron chi connectivity index (χ4n) is 2.80. The summed E-state index contributed by atoms with van der Waals surface area (Å²) in [5.41, 5.74) is 2.29. The van der Waals surface area contributed by atoms with E-state index in [1.807, 2.05) is 30.3 Å². The van der Waals surface area contributed by atoms with Crippen molar-refractivity contribution in [2.45, 2.75) is 6.61 Å². The molecule has 0 atom stereocenters. The lowest BCUT2D eigenvalue weighted by molar-refractivity contribution is 0.102. The van der Waals surface area contributed by atoms with E-state index in [2.05, 4.69) is 5.32 Å². The molecular weight excluding hydrogens is 354 g/mol. The number of nitrogens with one attached hydrogen (secondary N) is 1. The molecule has 28 heavy (non-hydrogen) atoms. The highest BCUT2D eigenvalue weighted by molar-refractivity contribution is 6.05. The molecule has 0 saturated carbocycles. The minimum atomic E-state index is -0.404. The van der Waals surface area contributed by atoms with Crippen molar-refractivity contribution in [3.8, 4) is 5.75 Å². The van der Waals surface area contributed by atoms with Crippen LogP contribution in [0.1, 0.15) is 15.9 Å². The Bertz CT molecular complexity index is 1160. The molecule has 0 aliphatic carbocycles. The molecule has 3 aromatic carbocycles. The van der Waals surface area contributed by atoms with E-state index < -0.39 is 5.63 Å². The summed E-state index contributed by atoms with van der Waals surface area (Å²) in [7, 11) is 0. The summed E-state index contributed by atoms with van der Waals surface area (Å²) in [6.45, 7) is 0.472. The van der Waals surface area contributed by atoms with Gasteiger partial charge in [0.25, 0.3) is 5.91 Å². The largest absolute Gasteiger partial charge is 0.489 e. The van der Waals surface area contributed by atoms with Crippen molar-refractivity contribution in [1.82, 2.24) is 0 Å². The number of amides is 1. The lowest BCUT2D eigenvalue weighted by atomic mass is 10.1. The number of hydrogen-bond acceptors (Lipinski definition) is 4. The van der Waals surface area contributed by atoms with Crippen molar-refractivity contribution in [2.75, 3.05) is 5.32 Å². The maximum Gasteiger partial charge on any atom is 0.336 e. The molecule has 0 aliphatic heterocycles. The molecule has 0 saturated heterocycles. The maximum atomic E-state index is 12.5. The number of carbonyl (C=O) groups is 1. The van der Waals surface area contributed by atoms with Gasteiger partial charge in [-0.1, -0.05) is 30.3 Å². The standard InChI is InChI=1S/C23H17NO4/c25-22-13-8-18-14-19(9-12-21(18)28-22)24-23(26)17-6-10-20(11-7-17)27-15-16-4-2-1-3-5-16/h1-14H,15H2,(H,24,26). The fraction of sp³-hybridized carbons (Fsp3) is 0.0435. The first-order valence-corrected chi connectivity index (χ1v) is 8.79. The minimum Gasteiger partial charge on any atom is -0.489 e. The van der Waals surface area contributed by atoms with Crippen LogP contribution in [0.2, 0.25) is 0 Å². The van der Waals surface area contributed by atoms with E-state index in [4.69, 9.17) is 9.15 Å². The van der Waals surface area contributed by atoms with E-state index in [-0.39, 0.29) is 5.91 Å². The van der Waals surface area contributed by atoms with Crippen molar-refractivity contribution in [2.24, 2.45) is 0 Å². The van der Waals surface area contributed by atoms with Crippen molar-refractivity contribution < 1.29 is 13.9 Å². The Kier molecular flexibility index (Phi) is 4.89. The van der Waals surface area contributed by atoms with Crippen LogP contribution in [0.3, 0.4) is 0 Å². The first-order valence-electron chi connectivity index (χ1n) is 8.79. The molecule has 1 aromatic heterocycles. The molecule has 4 aromatic rings. The molecule has 1 N–H and O–H groups in total. The van der Waals surface area contributed by atoms with Gasteiger partial charge in [0.05, 0.1) is 0 Å². The SMILES string of the molecule is O=C(Nc1ccc2oc(=O)ccc2c1)c1ccc(OCc2ccccc2)cc1. The molecule has 4 rings (SSSR count). The highest BCUT2D eigenvalue weighted by Gasteiger charge is 2.08. The third-order valence-corrected chi connectivity index (χ3v) is 4.24. The smallest absolute Gasteiger partial charge is 0.336 e. The van der Waals surface area contributed by atoms with E-state index in [9.17, 15) is 9.59 Å². The first-order chi connectivity index (χ1) is 13.7. The molecular formula is C23H17NO4. The zero-order chi connectivity index (χ0) is 19.3. The van der Waals surface area contributed by atoms with E-state index in [1.165, 1.54) is 6.07 Å². The Morgan fingerprint density at radius 3 is 2.46 bits per heavy atom. The molecule has 5 heteroatoms. The van der Waals surface area contributed by atoms with Gasteiger partial charge in [0.2, 0.25) is 0 Å². The third-order valence-electron chi connectivity index (χ3n) is 4.24. The van der Waals surface area contributed by atoms with Crippen LogP contribution in [-0.2, 0) is 6.61 Å². The van der Waals surface area contributed by atoms with Crippen LogP contribution in [0.15, 0.2) is 94.1 Å². The molecule has 0 radical (unpaired) electrons. The third kappa shape index (κ3) is 4.10. The number of hydrogen-bond donors (Lipinski definition) is 1. The summed E-state index contributed by atoms with van der Waals surface area (Å²) in [5, 5.41) is 3.58. The van der Waals surface area contributed by atoms with Gasteiger partial charge in [-0.2, -0.15) is 0 Å². The van der Waals surface area contributed by atoms with E-state index in [1.54, 1.807) is 48.5 Å². The Morgan fingerprint density at radius 1 is 0.893 bits per heavy atom. The quantitative estimate of drug-likeness (QED) is 0.520. The molecule has 0 bridgehead atoms. The number of benzene rings is 3. The van der Waals surface area contributed by atoms with Crippen molar-refractivity contribution in [3.63, 3.8) is 0 Å². The van der Waals surface area contributed by atoms with Crippen LogP contribution < -0.4 is 15.7 Å². The number of rotatable bonds is 5. The van der Waals surface area contributed by atoms with Gasteiger partial charge in [0, 0.05) is 22.7 Å². The minimum absolute atomic E-state index is 0.230. The summed E-state index contributed by atoms with van der Waals surface area (Å²) in [5.74, 6) is 0.465. The number of ether oxygens (including phenoxy) is 1. The van der Waals surface area contributed by atoms with Crippen LogP contribution in [0.5, 0.6) is 5.75 Å². The molecule has 1 amide bonds. The molecule has 1 heterocycles. The van der Waals surface area contributed by atoms with Crippen molar-refractivity contribution in [1.29, 1.82) is 0 Å². The second-order valence-corrected chi connectivity index (χ2v) is 6.26. The Hall–Kier alpha value is -3.86. The summed E-state index contributed by atoms with van der Waals surface area (Å²) in [6.07, 6.45) is 0. The molecule has 0 spiro atoms. The average molecular weight is 371 g/mol. The Morgan fingerprint density at radius 2 is 1.68 bits per heavy atom. The van der Waals surface area contributed by atoms with Crippen LogP contribution >= 0.6 is 0 Å². The van der Waals surface area contributed by atoms with E-state index in [0.29, 0.717) is 29.2 Å². The normalized spacial score (nSPS) is 10.6. The van der Waals surface area contributed by atoms with Crippen molar-refractivity contribution in [3.05, 3.63) is 106 Å². The fourth-order valence-corrected chi connectivity index (χ4v) is 2.80. The van der Waals surface area contributed by atoms with Crippen molar-refractivity contribution >= 4 is 22.6 Å². The highest BCUT2D eigenvalue weighted by atomic mass is 16.5. The number of carbonyl (C=O) groups excluding carboxylic acids is 1. The molecule has 0 aliphatic rings. The Balaban J connectivity index is 1.42. The number of anilines is 1. The number of fused-ring (bicyclic) bond motifs is 1. The van der Waals surface area contributed by atoms with Crippen LogP contribution in [0, 0.1) is 0 Å². The lowest BCUT2D eigenvalue weighted by Crippen LogP contribution is -2.11. The Labute approximate surface area is 161 Å². The van der Waals surface area contributed by atoms with Gasteiger partial charge in [0.1, 0.15) is 17.9 Å². The molecule has 0 fully saturated rings. The molecule has 5 nitrogen and oxygen atoms in total. The second-order valence-electron chi connectivity index (χ2n) is 6.26. The van der Waals surface area contributed by atoms with E-state index in [0.717, 1.165) is 10.9 Å². The predicted molar refractivity (Wildman–Crippen MR) is 108 cm³/mol. The molecule has 0 unspecified atom stereocenters. The van der Waals surface area contributed by atoms with Crippen LogP contribution in [0.25, 0.3) is 11.0 Å². The topological polar surface area (TPSA) is 68.5 Å². The van der Waals surface area contributed by atoms with Gasteiger partial charge in [0.15, 0.2) is 0 Å². The van der Waals surface area contributed by atoms with E-state index >= 15 is 0 Å². The lowest BCUT2D eigenvalue weighted by Gasteiger charge is -2.08. The zero-order valence-corrected chi connectivity index (χ0v) is 14.9. The summed E-state index contributed by atoms with van der Waals surface area (Å²) < 4.78 is 10.8. The van der Waals surface area contributed by atoms with Gasteiger partial charge in [-0.15, -0.1) is 0 Å². The van der Waals surface area contributed by atoms with Gasteiger partial charge >= 0.3 is 5.63 Å². The summed E-state index contributed by atoms with van der Waals surface area (Å²) >= 11 is 0. The maximum absolute atomic E-state index is 12.5. The van der Waals surface area contributed by atoms with Gasteiger partial charge in [-0.05, 0) is 54.1 Å². The zero-order valence-electron chi connectivity index (χ0n) is 14.9. The van der Waals surface area contributed by atoms with Gasteiger partial charge in [-0.25, -0.2) is 4.79 Å². The summed E-state index contributed by atoms with van der Waals surface area (Å²) in [4.78, 5) is 23.7. The molecule has 138 valence electrons. The monoisotopic (exact) mass is 371 g/mol. The predicted octanol–water partition coefficient (Wildman–Crippen LogP) is 4.62. The van der Waals surface area contributed by atoms with Crippen LogP contribution in [-0.4, -0.2) is 5.91 Å². The average Bonchev–Trinajstić information content (AvgIpc) is 2.73. The highest BCUT2D eigenvalue weighted by Crippen LogP contribution is 2.19. The van der Waals surface area contributed by atoms with Gasteiger partial charge in [-0.3, -0.25) is 4.79 Å². The van der Waals surface area contributed by atoms with Crippen LogP contribution in [0.4, 0.5) is 5.69 Å². The first kappa shape index (κ1) is 17.5. The second kappa shape index (κ2) is 7.80.